The first-order valence-electron chi connectivity index (χ1n) is 14.9. The smallest absolute Gasteiger partial charge is 0.415 e. The minimum atomic E-state index is -4.13. The van der Waals surface area contributed by atoms with Gasteiger partial charge in [0.2, 0.25) is 5.91 Å². The number of carbonyl (C=O) groups is 3. The molecular weight excluding hydrogens is 688 g/mol. The summed E-state index contributed by atoms with van der Waals surface area (Å²) in [6.07, 6.45) is -1.65. The van der Waals surface area contributed by atoms with E-state index in [-0.39, 0.29) is 48.9 Å². The second-order valence-electron chi connectivity index (χ2n) is 11.8. The molecule has 0 aliphatic carbocycles. The van der Waals surface area contributed by atoms with Crippen molar-refractivity contribution in [3.05, 3.63) is 84.9 Å². The average Bonchev–Trinajstić information content (AvgIpc) is 3.55. The number of benzene rings is 2. The first-order chi connectivity index (χ1) is 23.1. The van der Waals surface area contributed by atoms with Crippen LogP contribution in [0, 0.1) is 32.1 Å². The van der Waals surface area contributed by atoms with Gasteiger partial charge in [-0.3, -0.25) is 25.0 Å². The van der Waals surface area contributed by atoms with E-state index in [1.807, 2.05) is 0 Å². The SMILES string of the molecule is C[C@@H](O)[C@H]1C(=O)N2C(C(=O)OCc3ccc([N+](=O)[O-])cc3)=C(S[C@H]3C[C@@H](CNS(N)(=O)=O)N(C(=O)Oc4ccc([N+](=O)[O-])cc4)C3)[C@H](C)[C@H]12. The topological polar surface area (TPSA) is 255 Å². The fourth-order valence-corrected chi connectivity index (χ4v) is 8.15. The predicted molar refractivity (Wildman–Crippen MR) is 172 cm³/mol. The number of β-lactam (4-membered cyclic amide) rings is 1. The molecule has 3 aliphatic rings. The van der Waals surface area contributed by atoms with Crippen molar-refractivity contribution in [3.63, 3.8) is 0 Å². The zero-order valence-corrected chi connectivity index (χ0v) is 27.7. The van der Waals surface area contributed by atoms with Crippen molar-refractivity contribution in [1.82, 2.24) is 14.5 Å². The zero-order chi connectivity index (χ0) is 35.8. The second-order valence-corrected chi connectivity index (χ2v) is 14.5. The second kappa shape index (κ2) is 14.1. The molecule has 3 heterocycles. The van der Waals surface area contributed by atoms with Crippen LogP contribution in [0.25, 0.3) is 0 Å². The van der Waals surface area contributed by atoms with E-state index in [9.17, 15) is 48.1 Å². The molecule has 5 rings (SSSR count). The Bertz CT molecular complexity index is 1800. The highest BCUT2D eigenvalue weighted by atomic mass is 32.2. The number of hydrogen-bond donors (Lipinski definition) is 3. The molecule has 2 saturated heterocycles. The molecular formula is C29H32N6O12S2. The number of fused-ring (bicyclic) bond motifs is 1. The number of nitro benzene ring substituents is 2. The van der Waals surface area contributed by atoms with Crippen LogP contribution >= 0.6 is 11.8 Å². The number of carbonyl (C=O) groups excluding carboxylic acids is 3. The van der Waals surface area contributed by atoms with Crippen LogP contribution in [0.3, 0.4) is 0 Å². The Morgan fingerprint density at radius 1 is 1.10 bits per heavy atom. The van der Waals surface area contributed by atoms with Crippen LogP contribution in [0.2, 0.25) is 0 Å². The molecule has 262 valence electrons. The summed E-state index contributed by atoms with van der Waals surface area (Å²) in [4.78, 5) is 63.9. The molecule has 0 unspecified atom stereocenters. The van der Waals surface area contributed by atoms with Gasteiger partial charge >= 0.3 is 12.1 Å². The normalized spacial score (nSPS) is 23.9. The number of nitrogens with two attached hydrogens (primary N) is 1. The number of esters is 1. The van der Waals surface area contributed by atoms with Crippen LogP contribution in [0.1, 0.15) is 25.8 Å². The molecule has 2 amide bonds. The van der Waals surface area contributed by atoms with Crippen molar-refractivity contribution in [2.45, 2.75) is 50.3 Å². The van der Waals surface area contributed by atoms with Gasteiger partial charge in [-0.05, 0) is 43.2 Å². The van der Waals surface area contributed by atoms with Gasteiger partial charge in [-0.1, -0.05) is 6.92 Å². The lowest BCUT2D eigenvalue weighted by Gasteiger charge is -2.46. The zero-order valence-electron chi connectivity index (χ0n) is 26.0. The number of non-ortho nitro benzene ring substituents is 2. The third kappa shape index (κ3) is 7.67. The molecule has 2 aromatic carbocycles. The molecule has 0 aromatic heterocycles. The number of thioether (sulfide) groups is 1. The fourth-order valence-electron chi connectivity index (χ4n) is 6.16. The van der Waals surface area contributed by atoms with E-state index in [0.29, 0.717) is 10.5 Å². The average molecular weight is 721 g/mol. The minimum Gasteiger partial charge on any atom is -0.456 e. The Balaban J connectivity index is 1.38. The quantitative estimate of drug-likeness (QED) is 0.122. The van der Waals surface area contributed by atoms with Gasteiger partial charge in [0.1, 0.15) is 18.1 Å². The standard InChI is InChI=1S/C29H32N6O12S2/c1-15-24-23(16(2)36)27(37)33(24)25(28(38)46-14-17-3-5-18(6-4-17)34(40)41)26(15)48-22-11-20(12-31-49(30,44)45)32(13-22)29(39)47-21-9-7-19(8-10-21)35(42)43/h3-10,15-16,20,22-24,31,36H,11-14H2,1-2H3,(H2,30,44,45)/t15-,16-,20+,22+,23-,24-/m1/s1. The molecule has 0 bridgehead atoms. The van der Waals surface area contributed by atoms with E-state index in [0.717, 1.165) is 12.1 Å². The van der Waals surface area contributed by atoms with Crippen LogP contribution in [0.4, 0.5) is 16.2 Å². The largest absolute Gasteiger partial charge is 0.456 e. The van der Waals surface area contributed by atoms with Crippen molar-refractivity contribution >= 4 is 51.3 Å². The highest BCUT2D eigenvalue weighted by Crippen LogP contribution is 2.52. The van der Waals surface area contributed by atoms with E-state index in [1.54, 1.807) is 6.92 Å². The number of rotatable bonds is 12. The van der Waals surface area contributed by atoms with Gasteiger partial charge in [0.05, 0.1) is 27.9 Å². The third-order valence-corrected chi connectivity index (χ3v) is 10.6. The molecule has 2 fully saturated rings. The van der Waals surface area contributed by atoms with Crippen molar-refractivity contribution in [3.8, 4) is 5.75 Å². The van der Waals surface area contributed by atoms with Crippen molar-refractivity contribution in [2.75, 3.05) is 13.1 Å². The number of aliphatic hydroxyl groups is 1. The summed E-state index contributed by atoms with van der Waals surface area (Å²) >= 11 is 1.21. The first kappa shape index (κ1) is 35.7. The van der Waals surface area contributed by atoms with Crippen LogP contribution in [0.15, 0.2) is 59.1 Å². The summed E-state index contributed by atoms with van der Waals surface area (Å²) in [5.41, 5.74) is 0.0996. The number of aliphatic hydroxyl groups excluding tert-OH is 1. The lowest BCUT2D eigenvalue weighted by Crippen LogP contribution is -2.63. The summed E-state index contributed by atoms with van der Waals surface area (Å²) < 4.78 is 36.5. The molecule has 4 N–H and O–H groups in total. The highest BCUT2D eigenvalue weighted by Gasteiger charge is 2.60. The Hall–Kier alpha value is -4.63. The third-order valence-electron chi connectivity index (χ3n) is 8.50. The number of nitrogens with one attached hydrogen (secondary N) is 1. The van der Waals surface area contributed by atoms with E-state index in [1.165, 1.54) is 64.9 Å². The van der Waals surface area contributed by atoms with E-state index in [4.69, 9.17) is 14.6 Å². The molecule has 2 aromatic rings. The van der Waals surface area contributed by atoms with Gasteiger partial charge in [-0.25, -0.2) is 19.5 Å². The van der Waals surface area contributed by atoms with E-state index < -0.39 is 73.3 Å². The van der Waals surface area contributed by atoms with E-state index in [2.05, 4.69) is 4.72 Å². The summed E-state index contributed by atoms with van der Waals surface area (Å²) in [5, 5.41) is 37.0. The minimum absolute atomic E-state index is 0.0158. The Kier molecular flexibility index (Phi) is 10.2. The number of likely N-dealkylation sites (tertiary alicyclic amines) is 1. The number of nitro groups is 2. The number of amides is 2. The van der Waals surface area contributed by atoms with Crippen molar-refractivity contribution in [2.24, 2.45) is 17.0 Å². The molecule has 0 saturated carbocycles. The first-order valence-corrected chi connectivity index (χ1v) is 17.3. The molecule has 0 spiro atoms. The Morgan fingerprint density at radius 3 is 2.24 bits per heavy atom. The molecule has 18 nitrogen and oxygen atoms in total. The number of nitrogens with zero attached hydrogens (tertiary/aromatic N) is 4. The van der Waals surface area contributed by atoms with Gasteiger partial charge < -0.3 is 24.4 Å². The lowest BCUT2D eigenvalue weighted by molar-refractivity contribution is -0.385. The highest BCUT2D eigenvalue weighted by molar-refractivity contribution is 8.03. The number of ether oxygens (including phenoxy) is 2. The van der Waals surface area contributed by atoms with E-state index >= 15 is 0 Å². The summed E-state index contributed by atoms with van der Waals surface area (Å²) in [7, 11) is -4.13. The maximum Gasteiger partial charge on any atom is 0.415 e. The summed E-state index contributed by atoms with van der Waals surface area (Å²) in [5.74, 6) is -2.46. The summed E-state index contributed by atoms with van der Waals surface area (Å²) in [6, 6.07) is 8.93. The van der Waals surface area contributed by atoms with Crippen LogP contribution < -0.4 is 14.6 Å². The maximum atomic E-state index is 13.6. The van der Waals surface area contributed by atoms with Gasteiger partial charge in [-0.15, -0.1) is 11.8 Å². The molecule has 49 heavy (non-hydrogen) atoms. The van der Waals surface area contributed by atoms with Gasteiger partial charge in [0, 0.05) is 59.5 Å². The van der Waals surface area contributed by atoms with Crippen LogP contribution in [-0.2, 0) is 31.1 Å². The lowest BCUT2D eigenvalue weighted by atomic mass is 9.79. The predicted octanol–water partition coefficient (Wildman–Crippen LogP) is 1.78. The fraction of sp³-hybridized carbons (Fsp3) is 0.414. The summed E-state index contributed by atoms with van der Waals surface area (Å²) in [6.45, 7) is 2.80. The number of hydrogen-bond acceptors (Lipinski definition) is 13. The van der Waals surface area contributed by atoms with Gasteiger partial charge in [0.15, 0.2) is 0 Å². The Labute approximate surface area is 283 Å². The maximum absolute atomic E-state index is 13.6. The molecule has 6 atom stereocenters. The molecule has 3 aliphatic heterocycles. The van der Waals surface area contributed by atoms with Crippen molar-refractivity contribution in [1.29, 1.82) is 0 Å². The molecule has 20 heteroatoms. The van der Waals surface area contributed by atoms with Gasteiger partial charge in [-0.2, -0.15) is 8.42 Å². The Morgan fingerprint density at radius 2 is 1.69 bits per heavy atom. The monoisotopic (exact) mass is 720 g/mol. The molecule has 0 radical (unpaired) electrons. The van der Waals surface area contributed by atoms with Crippen LogP contribution in [0.5, 0.6) is 5.75 Å². The van der Waals surface area contributed by atoms with Crippen LogP contribution in [-0.4, -0.2) is 87.7 Å². The van der Waals surface area contributed by atoms with Gasteiger partial charge in [0.25, 0.3) is 21.6 Å². The van der Waals surface area contributed by atoms with Crippen molar-refractivity contribution < 1.29 is 47.2 Å².